The van der Waals surface area contributed by atoms with Crippen LogP contribution in [0.15, 0.2) is 29.8 Å². The zero-order chi connectivity index (χ0) is 20.3. The van der Waals surface area contributed by atoms with Gasteiger partial charge in [0.15, 0.2) is 5.82 Å². The van der Waals surface area contributed by atoms with Crippen molar-refractivity contribution in [3.05, 3.63) is 52.5 Å². The van der Waals surface area contributed by atoms with Gasteiger partial charge >= 0.3 is 0 Å². The fourth-order valence-corrected chi connectivity index (χ4v) is 3.14. The number of carbonyl (C=O) groups excluding carboxylic acids is 1. The number of hydrogen-bond acceptors (Lipinski definition) is 7. The van der Waals surface area contributed by atoms with E-state index in [9.17, 15) is 18.7 Å². The Morgan fingerprint density at radius 3 is 2.86 bits per heavy atom. The molecule has 0 aliphatic heterocycles. The quantitative estimate of drug-likeness (QED) is 0.448. The minimum absolute atomic E-state index is 0.00949. The lowest BCUT2D eigenvalue weighted by Crippen LogP contribution is -2.30. The van der Waals surface area contributed by atoms with E-state index in [1.54, 1.807) is 13.0 Å². The van der Waals surface area contributed by atoms with Crippen molar-refractivity contribution in [3.63, 3.8) is 0 Å². The van der Waals surface area contributed by atoms with E-state index in [0.29, 0.717) is 10.3 Å². The number of halogens is 2. The van der Waals surface area contributed by atoms with Gasteiger partial charge in [0.05, 0.1) is 33.8 Å². The van der Waals surface area contributed by atoms with Crippen molar-refractivity contribution in [3.8, 4) is 0 Å². The molecule has 7 nitrogen and oxygen atoms in total. The molecule has 1 unspecified atom stereocenters. The molecule has 0 fully saturated rings. The third-order valence-electron chi connectivity index (χ3n) is 3.85. The van der Waals surface area contributed by atoms with Crippen molar-refractivity contribution >= 4 is 38.8 Å². The number of aromatic nitrogens is 1. The number of aliphatic hydroxyl groups excluding tert-OH is 2. The van der Waals surface area contributed by atoms with Crippen molar-refractivity contribution in [2.24, 2.45) is 0 Å². The number of hydroxylamine groups is 1. The van der Waals surface area contributed by atoms with E-state index in [0.717, 1.165) is 11.3 Å². The van der Waals surface area contributed by atoms with E-state index < -0.39 is 30.3 Å². The van der Waals surface area contributed by atoms with Crippen LogP contribution in [-0.2, 0) is 4.84 Å². The molecule has 148 valence electrons. The van der Waals surface area contributed by atoms with E-state index in [-0.39, 0.29) is 29.1 Å². The molecular weight excluding hydrogens is 392 g/mol. The number of rotatable bonds is 7. The molecule has 2 aromatic carbocycles. The number of hydrogen-bond donors (Lipinski definition) is 4. The van der Waals surface area contributed by atoms with Gasteiger partial charge in [0, 0.05) is 0 Å². The summed E-state index contributed by atoms with van der Waals surface area (Å²) in [5.41, 5.74) is 3.84. The van der Waals surface area contributed by atoms with Gasteiger partial charge in [-0.1, -0.05) is 6.07 Å². The predicted octanol–water partition coefficient (Wildman–Crippen LogP) is 2.64. The summed E-state index contributed by atoms with van der Waals surface area (Å²) in [6.07, 6.45) is -1.18. The van der Waals surface area contributed by atoms with Crippen LogP contribution < -0.4 is 10.8 Å². The first-order chi connectivity index (χ1) is 13.4. The molecule has 28 heavy (non-hydrogen) atoms. The summed E-state index contributed by atoms with van der Waals surface area (Å²) in [6.45, 7) is 0.811. The molecular formula is C18H17F2N3O4S. The van der Waals surface area contributed by atoms with E-state index >= 15 is 0 Å². The standard InChI is InChI=1S/C18H17F2N3O4S/c1-9-2-3-13(12(19)4-9)22-16-11(18(26)23-27-7-10(25)6-24)5-14-17(15(16)20)21-8-28-14/h2-5,8,10,22,24-25H,6-7H2,1H3,(H,23,26). The zero-order valence-electron chi connectivity index (χ0n) is 14.7. The predicted molar refractivity (Wildman–Crippen MR) is 101 cm³/mol. The molecule has 0 saturated heterocycles. The minimum Gasteiger partial charge on any atom is -0.394 e. The number of aryl methyl sites for hydroxylation is 1. The van der Waals surface area contributed by atoms with Crippen LogP contribution in [0.1, 0.15) is 15.9 Å². The molecule has 0 bridgehead atoms. The van der Waals surface area contributed by atoms with Gasteiger partial charge in [0.2, 0.25) is 0 Å². The van der Waals surface area contributed by atoms with Crippen molar-refractivity contribution in [2.45, 2.75) is 13.0 Å². The van der Waals surface area contributed by atoms with Gasteiger partial charge in [0.25, 0.3) is 5.91 Å². The summed E-state index contributed by atoms with van der Waals surface area (Å²) in [6, 6.07) is 5.77. The number of carbonyl (C=O) groups is 1. The van der Waals surface area contributed by atoms with Gasteiger partial charge in [-0.05, 0) is 30.7 Å². The normalized spacial score (nSPS) is 12.2. The molecule has 4 N–H and O–H groups in total. The first-order valence-corrected chi connectivity index (χ1v) is 9.08. The molecule has 0 aliphatic rings. The maximum atomic E-state index is 15.0. The summed E-state index contributed by atoms with van der Waals surface area (Å²) >= 11 is 1.14. The first kappa shape index (κ1) is 20.1. The molecule has 0 saturated carbocycles. The van der Waals surface area contributed by atoms with Crippen LogP contribution in [0.3, 0.4) is 0 Å². The van der Waals surface area contributed by atoms with Crippen LogP contribution in [0.25, 0.3) is 10.2 Å². The monoisotopic (exact) mass is 409 g/mol. The minimum atomic E-state index is -1.18. The van der Waals surface area contributed by atoms with E-state index in [2.05, 4.69) is 15.8 Å². The Kier molecular flexibility index (Phi) is 6.15. The zero-order valence-corrected chi connectivity index (χ0v) is 15.5. The Labute approximate surface area is 162 Å². The second kappa shape index (κ2) is 8.57. The third kappa shape index (κ3) is 4.25. The Bertz CT molecular complexity index is 1010. The molecule has 1 aromatic heterocycles. The number of nitrogens with zero attached hydrogens (tertiary/aromatic N) is 1. The first-order valence-electron chi connectivity index (χ1n) is 8.20. The van der Waals surface area contributed by atoms with E-state index in [4.69, 9.17) is 9.94 Å². The number of benzene rings is 2. The molecule has 10 heteroatoms. The van der Waals surface area contributed by atoms with Gasteiger partial charge in [-0.2, -0.15) is 0 Å². The molecule has 3 rings (SSSR count). The number of aliphatic hydroxyl groups is 2. The lowest BCUT2D eigenvalue weighted by atomic mass is 10.1. The molecule has 3 aromatic rings. The van der Waals surface area contributed by atoms with Crippen molar-refractivity contribution in [1.82, 2.24) is 10.5 Å². The van der Waals surface area contributed by atoms with Gasteiger partial charge in [-0.25, -0.2) is 19.2 Å². The average molecular weight is 409 g/mol. The summed E-state index contributed by atoms with van der Waals surface area (Å²) in [4.78, 5) is 21.3. The SMILES string of the molecule is Cc1ccc(Nc2c(C(=O)NOCC(O)CO)cc3scnc3c2F)c(F)c1. The topological polar surface area (TPSA) is 104 Å². The van der Waals surface area contributed by atoms with Crippen LogP contribution in [-0.4, -0.2) is 40.4 Å². The Hall–Kier alpha value is -2.66. The lowest BCUT2D eigenvalue weighted by Gasteiger charge is -2.15. The number of anilines is 2. The van der Waals surface area contributed by atoms with Crippen molar-refractivity contribution < 1.29 is 28.6 Å². The Balaban J connectivity index is 1.96. The molecule has 0 radical (unpaired) electrons. The lowest BCUT2D eigenvalue weighted by molar-refractivity contribution is -0.0295. The van der Waals surface area contributed by atoms with E-state index in [1.165, 1.54) is 23.7 Å². The van der Waals surface area contributed by atoms with Gasteiger partial charge in [0.1, 0.15) is 24.0 Å². The number of amides is 1. The van der Waals surface area contributed by atoms with Crippen LogP contribution in [0.4, 0.5) is 20.2 Å². The largest absolute Gasteiger partial charge is 0.394 e. The third-order valence-corrected chi connectivity index (χ3v) is 4.62. The molecule has 0 aliphatic carbocycles. The number of fused-ring (bicyclic) bond motifs is 1. The van der Waals surface area contributed by atoms with Gasteiger partial charge in [-0.3, -0.25) is 9.63 Å². The fraction of sp³-hybridized carbons (Fsp3) is 0.222. The maximum absolute atomic E-state index is 15.0. The smallest absolute Gasteiger partial charge is 0.277 e. The highest BCUT2D eigenvalue weighted by Crippen LogP contribution is 2.33. The molecule has 0 spiro atoms. The van der Waals surface area contributed by atoms with Crippen LogP contribution in [0, 0.1) is 18.6 Å². The van der Waals surface area contributed by atoms with Crippen molar-refractivity contribution in [1.29, 1.82) is 0 Å². The summed E-state index contributed by atoms with van der Waals surface area (Å²) in [7, 11) is 0. The van der Waals surface area contributed by atoms with Crippen LogP contribution in [0.5, 0.6) is 0 Å². The molecule has 1 heterocycles. The molecule has 1 amide bonds. The summed E-state index contributed by atoms with van der Waals surface area (Å²) < 4.78 is 29.6. The Morgan fingerprint density at radius 1 is 1.36 bits per heavy atom. The summed E-state index contributed by atoms with van der Waals surface area (Å²) in [5, 5.41) is 20.6. The van der Waals surface area contributed by atoms with Crippen LogP contribution >= 0.6 is 11.3 Å². The second-order valence-electron chi connectivity index (χ2n) is 6.00. The highest BCUT2D eigenvalue weighted by atomic mass is 32.1. The summed E-state index contributed by atoms with van der Waals surface area (Å²) in [5.74, 6) is -2.22. The highest BCUT2D eigenvalue weighted by Gasteiger charge is 2.22. The van der Waals surface area contributed by atoms with Gasteiger partial charge in [-0.15, -0.1) is 11.3 Å². The number of nitrogens with one attached hydrogen (secondary N) is 2. The van der Waals surface area contributed by atoms with E-state index in [1.807, 2.05) is 0 Å². The van der Waals surface area contributed by atoms with Crippen LogP contribution in [0.2, 0.25) is 0 Å². The Morgan fingerprint density at radius 2 is 2.14 bits per heavy atom. The maximum Gasteiger partial charge on any atom is 0.277 e. The van der Waals surface area contributed by atoms with Gasteiger partial charge < -0.3 is 15.5 Å². The number of thiazole rings is 1. The highest BCUT2D eigenvalue weighted by molar-refractivity contribution is 7.16. The fourth-order valence-electron chi connectivity index (χ4n) is 2.43. The molecule has 1 atom stereocenters. The van der Waals surface area contributed by atoms with Crippen molar-refractivity contribution in [2.75, 3.05) is 18.5 Å². The second-order valence-corrected chi connectivity index (χ2v) is 6.89. The average Bonchev–Trinajstić information content (AvgIpc) is 3.14.